The Morgan fingerprint density at radius 3 is 2.60 bits per heavy atom. The Kier molecular flexibility index (Phi) is 5.43. The molecule has 1 atom stereocenters. The van der Waals surface area contributed by atoms with Crippen LogP contribution in [0.2, 0.25) is 0 Å². The van der Waals surface area contributed by atoms with Crippen LogP contribution >= 0.6 is 0 Å². The van der Waals surface area contributed by atoms with Gasteiger partial charge in [-0.1, -0.05) is 19.8 Å². The summed E-state index contributed by atoms with van der Waals surface area (Å²) in [4.78, 5) is 14.1. The maximum Gasteiger partial charge on any atom is 0.224 e. The fraction of sp³-hybridized carbons (Fsp3) is 0.929. The zero-order chi connectivity index (χ0) is 14.6. The molecule has 0 aromatic carbocycles. The quantitative estimate of drug-likeness (QED) is 0.834. The van der Waals surface area contributed by atoms with Crippen molar-refractivity contribution in [3.8, 4) is 0 Å². The molecule has 0 saturated carbocycles. The van der Waals surface area contributed by atoms with E-state index in [4.69, 9.17) is 0 Å². The standard InChI is InChI=1S/C14H26N2O3S/c1-2-3-12-4-7-16(8-5-12)14(17)10-13-11-20(18,19)9-6-15-13/h12-13,15H,2-11H2,1H3. The van der Waals surface area contributed by atoms with E-state index in [1.165, 1.54) is 12.8 Å². The average molecular weight is 302 g/mol. The molecule has 1 unspecified atom stereocenters. The third-order valence-electron chi connectivity index (χ3n) is 4.39. The number of carbonyl (C=O) groups excluding carboxylic acids is 1. The first-order valence-corrected chi connectivity index (χ1v) is 9.54. The molecular weight excluding hydrogens is 276 g/mol. The number of piperidine rings is 1. The van der Waals surface area contributed by atoms with Gasteiger partial charge in [-0.2, -0.15) is 0 Å². The lowest BCUT2D eigenvalue weighted by Gasteiger charge is -2.33. The van der Waals surface area contributed by atoms with E-state index >= 15 is 0 Å². The molecule has 0 radical (unpaired) electrons. The highest BCUT2D eigenvalue weighted by Gasteiger charge is 2.29. The van der Waals surface area contributed by atoms with Crippen LogP contribution in [0.25, 0.3) is 0 Å². The Balaban J connectivity index is 1.78. The minimum Gasteiger partial charge on any atom is -0.343 e. The molecule has 0 bridgehead atoms. The summed E-state index contributed by atoms with van der Waals surface area (Å²) in [6.07, 6.45) is 4.97. The van der Waals surface area contributed by atoms with Crippen LogP contribution in [0.4, 0.5) is 0 Å². The van der Waals surface area contributed by atoms with Gasteiger partial charge in [0.1, 0.15) is 0 Å². The fourth-order valence-electron chi connectivity index (χ4n) is 3.22. The van der Waals surface area contributed by atoms with Crippen LogP contribution in [-0.2, 0) is 14.6 Å². The highest BCUT2D eigenvalue weighted by Crippen LogP contribution is 2.22. The lowest BCUT2D eigenvalue weighted by atomic mass is 9.92. The largest absolute Gasteiger partial charge is 0.343 e. The van der Waals surface area contributed by atoms with Gasteiger partial charge in [-0.25, -0.2) is 8.42 Å². The number of amides is 1. The number of hydrogen-bond donors (Lipinski definition) is 1. The monoisotopic (exact) mass is 302 g/mol. The Bertz CT molecular complexity index is 428. The number of nitrogens with zero attached hydrogens (tertiary/aromatic N) is 1. The van der Waals surface area contributed by atoms with E-state index in [2.05, 4.69) is 12.2 Å². The Hall–Kier alpha value is -0.620. The molecule has 1 amide bonds. The predicted octanol–water partition coefficient (Wildman–Crippen LogP) is 0.802. The third-order valence-corrected chi connectivity index (χ3v) is 6.12. The minimum atomic E-state index is -2.96. The average Bonchev–Trinajstić information content (AvgIpc) is 2.38. The molecule has 0 aliphatic carbocycles. The van der Waals surface area contributed by atoms with Gasteiger partial charge in [0.15, 0.2) is 9.84 Å². The van der Waals surface area contributed by atoms with Gasteiger partial charge in [0.25, 0.3) is 0 Å². The lowest BCUT2D eigenvalue weighted by Crippen LogP contribution is -2.48. The molecule has 20 heavy (non-hydrogen) atoms. The van der Waals surface area contributed by atoms with E-state index < -0.39 is 9.84 Å². The van der Waals surface area contributed by atoms with E-state index in [-0.39, 0.29) is 23.5 Å². The molecule has 2 rings (SSSR count). The van der Waals surface area contributed by atoms with Crippen molar-refractivity contribution in [2.24, 2.45) is 5.92 Å². The molecule has 1 N–H and O–H groups in total. The maximum absolute atomic E-state index is 12.2. The highest BCUT2D eigenvalue weighted by atomic mass is 32.2. The molecule has 6 heteroatoms. The van der Waals surface area contributed by atoms with E-state index in [0.717, 1.165) is 31.8 Å². The number of rotatable bonds is 4. The summed E-state index contributed by atoms with van der Waals surface area (Å²) in [6, 6.07) is -0.199. The first-order valence-electron chi connectivity index (χ1n) is 7.72. The molecule has 0 aromatic rings. The van der Waals surface area contributed by atoms with Crippen LogP contribution in [-0.4, -0.2) is 56.4 Å². The first kappa shape index (κ1) is 15.8. The van der Waals surface area contributed by atoms with Gasteiger partial charge in [-0.3, -0.25) is 4.79 Å². The smallest absolute Gasteiger partial charge is 0.224 e. The fourth-order valence-corrected chi connectivity index (χ4v) is 4.66. The molecule has 0 spiro atoms. The second-order valence-electron chi connectivity index (χ2n) is 6.08. The van der Waals surface area contributed by atoms with E-state index in [1.54, 1.807) is 0 Å². The zero-order valence-corrected chi connectivity index (χ0v) is 13.1. The molecule has 2 heterocycles. The summed E-state index contributed by atoms with van der Waals surface area (Å²) < 4.78 is 23.1. The molecule has 5 nitrogen and oxygen atoms in total. The first-order chi connectivity index (χ1) is 9.50. The zero-order valence-electron chi connectivity index (χ0n) is 12.3. The van der Waals surface area contributed by atoms with Crippen molar-refractivity contribution in [1.29, 1.82) is 0 Å². The molecule has 2 aliphatic rings. The summed E-state index contributed by atoms with van der Waals surface area (Å²) in [5.74, 6) is 1.16. The van der Waals surface area contributed by atoms with Gasteiger partial charge >= 0.3 is 0 Å². The van der Waals surface area contributed by atoms with Crippen molar-refractivity contribution in [3.05, 3.63) is 0 Å². The summed E-state index contributed by atoms with van der Waals surface area (Å²) in [6.45, 7) is 4.34. The topological polar surface area (TPSA) is 66.5 Å². The van der Waals surface area contributed by atoms with Crippen LogP contribution in [0.1, 0.15) is 39.0 Å². The van der Waals surface area contributed by atoms with Crippen LogP contribution in [0.15, 0.2) is 0 Å². The number of nitrogens with one attached hydrogen (secondary N) is 1. The van der Waals surface area contributed by atoms with Gasteiger partial charge in [0.2, 0.25) is 5.91 Å². The normalized spacial score (nSPS) is 27.4. The summed E-state index contributed by atoms with van der Waals surface area (Å²) in [5, 5.41) is 3.15. The van der Waals surface area contributed by atoms with Crippen molar-refractivity contribution in [1.82, 2.24) is 10.2 Å². The van der Waals surface area contributed by atoms with Gasteiger partial charge in [0.05, 0.1) is 11.5 Å². The van der Waals surface area contributed by atoms with Gasteiger partial charge in [-0.05, 0) is 18.8 Å². The third kappa shape index (κ3) is 4.45. The minimum absolute atomic E-state index is 0.102. The molecule has 116 valence electrons. The van der Waals surface area contributed by atoms with E-state index in [1.807, 2.05) is 4.90 Å². The van der Waals surface area contributed by atoms with Crippen LogP contribution < -0.4 is 5.32 Å². The summed E-state index contributed by atoms with van der Waals surface area (Å²) in [5.41, 5.74) is 0. The highest BCUT2D eigenvalue weighted by molar-refractivity contribution is 7.91. The van der Waals surface area contributed by atoms with Crippen molar-refractivity contribution in [2.45, 2.75) is 45.1 Å². The molecular formula is C14H26N2O3S. The van der Waals surface area contributed by atoms with Gasteiger partial charge < -0.3 is 10.2 Å². The van der Waals surface area contributed by atoms with Crippen molar-refractivity contribution < 1.29 is 13.2 Å². The second-order valence-corrected chi connectivity index (χ2v) is 8.31. The molecule has 2 aliphatic heterocycles. The second kappa shape index (κ2) is 6.89. The Labute approximate surface area is 122 Å². The van der Waals surface area contributed by atoms with Gasteiger partial charge in [0, 0.05) is 32.1 Å². The number of likely N-dealkylation sites (tertiary alicyclic amines) is 1. The Morgan fingerprint density at radius 2 is 2.00 bits per heavy atom. The number of hydrogen-bond acceptors (Lipinski definition) is 4. The predicted molar refractivity (Wildman–Crippen MR) is 79.3 cm³/mol. The lowest BCUT2D eigenvalue weighted by molar-refractivity contribution is -0.133. The summed E-state index contributed by atoms with van der Waals surface area (Å²) >= 11 is 0. The van der Waals surface area contributed by atoms with Crippen LogP contribution in [0.3, 0.4) is 0 Å². The maximum atomic E-state index is 12.2. The van der Waals surface area contributed by atoms with Crippen molar-refractivity contribution in [3.63, 3.8) is 0 Å². The van der Waals surface area contributed by atoms with Crippen LogP contribution in [0, 0.1) is 5.92 Å². The number of sulfone groups is 1. The summed E-state index contributed by atoms with van der Waals surface area (Å²) in [7, 11) is -2.96. The van der Waals surface area contributed by atoms with E-state index in [0.29, 0.717) is 13.0 Å². The van der Waals surface area contributed by atoms with E-state index in [9.17, 15) is 13.2 Å². The molecule has 2 fully saturated rings. The molecule has 2 saturated heterocycles. The van der Waals surface area contributed by atoms with Crippen molar-refractivity contribution >= 4 is 15.7 Å². The Morgan fingerprint density at radius 1 is 1.30 bits per heavy atom. The van der Waals surface area contributed by atoms with Crippen LogP contribution in [0.5, 0.6) is 0 Å². The number of carbonyl (C=O) groups is 1. The SMILES string of the molecule is CCCC1CCN(C(=O)CC2CS(=O)(=O)CCN2)CC1. The van der Waals surface area contributed by atoms with Crippen molar-refractivity contribution in [2.75, 3.05) is 31.1 Å². The van der Waals surface area contributed by atoms with Gasteiger partial charge in [-0.15, -0.1) is 0 Å². The molecule has 0 aromatic heterocycles.